The lowest BCUT2D eigenvalue weighted by Crippen LogP contribution is -2.71. The maximum Gasteiger partial charge on any atom is 0.459 e. The second-order valence-corrected chi connectivity index (χ2v) is 15.9. The number of aliphatic imine (C=N–C) groups is 4. The molecule has 0 aliphatic carbocycles. The topological polar surface area (TPSA) is 111 Å². The van der Waals surface area contributed by atoms with E-state index in [1.54, 1.807) is 7.05 Å². The van der Waals surface area contributed by atoms with Crippen molar-refractivity contribution in [2.45, 2.75) is 168 Å². The molecule has 0 aromatic carbocycles. The van der Waals surface area contributed by atoms with Crippen LogP contribution in [0.2, 0.25) is 0 Å². The number of carbonyl (C=O) groups excluding carboxylic acids is 2. The van der Waals surface area contributed by atoms with Gasteiger partial charge in [0.05, 0.1) is 11.8 Å². The summed E-state index contributed by atoms with van der Waals surface area (Å²) >= 11 is 0. The Morgan fingerprint density at radius 1 is 0.494 bits per heavy atom. The third-order valence-electron chi connectivity index (χ3n) is 8.42. The van der Waals surface area contributed by atoms with E-state index in [1.807, 2.05) is 13.8 Å². The molecule has 0 spiro atoms. The number of piperidine rings is 1. The van der Waals surface area contributed by atoms with E-state index in [2.05, 4.69) is 33.0 Å². The number of rotatable bonds is 4. The number of hydrogen-bond donors (Lipinski definition) is 0. The first-order chi connectivity index (χ1) is 35.9. The van der Waals surface area contributed by atoms with Gasteiger partial charge in [-0.05, 0) is 41.0 Å². The van der Waals surface area contributed by atoms with Crippen LogP contribution in [0.15, 0.2) is 20.0 Å². The van der Waals surface area contributed by atoms with Gasteiger partial charge in [0, 0.05) is 59.2 Å². The summed E-state index contributed by atoms with van der Waals surface area (Å²) in [5.74, 6) is -38.0. The number of alkyl halides is 34. The van der Waals surface area contributed by atoms with Crippen LogP contribution in [-0.4, -0.2) is 154 Å². The molecule has 0 aromatic rings. The van der Waals surface area contributed by atoms with Crippen LogP contribution in [0.4, 0.5) is 149 Å². The van der Waals surface area contributed by atoms with Gasteiger partial charge in [-0.15, -0.1) is 0 Å². The van der Waals surface area contributed by atoms with Crippen molar-refractivity contribution in [1.82, 2.24) is 4.90 Å². The minimum absolute atomic E-state index is 0.0833. The fraction of sp³-hybridized carbons (Fsp3) is 0.829. The molecular weight excluding hydrogens is 1250 g/mol. The minimum atomic E-state index is -6.01. The van der Waals surface area contributed by atoms with E-state index in [1.165, 1.54) is 0 Å². The third kappa shape index (κ3) is 35.7. The van der Waals surface area contributed by atoms with E-state index >= 15 is 0 Å². The van der Waals surface area contributed by atoms with Crippen LogP contribution < -0.4 is 0 Å². The molecule has 0 aromatic heterocycles. The van der Waals surface area contributed by atoms with E-state index in [-0.39, 0.29) is 14.0 Å². The first-order valence-electron chi connectivity index (χ1n) is 21.2. The molecule has 0 unspecified atom stereocenters. The van der Waals surface area contributed by atoms with Gasteiger partial charge in [-0.2, -0.15) is 155 Å². The Morgan fingerprint density at radius 2 is 0.783 bits per heavy atom. The Labute approximate surface area is 450 Å². The highest BCUT2D eigenvalue weighted by molar-refractivity contribution is 6.06. The zero-order valence-corrected chi connectivity index (χ0v) is 45.2. The lowest BCUT2D eigenvalue weighted by atomic mass is 9.97. The van der Waals surface area contributed by atoms with Crippen molar-refractivity contribution >= 4 is 34.7 Å². The number of imide groups is 1. The number of nitriles is 1. The van der Waals surface area contributed by atoms with Crippen LogP contribution in [-0.2, 0) is 9.59 Å². The molecule has 1 aliphatic rings. The lowest BCUT2D eigenvalue weighted by molar-refractivity contribution is -0.304. The molecule has 0 bridgehead atoms. The fourth-order valence-corrected chi connectivity index (χ4v) is 2.63. The van der Waals surface area contributed by atoms with Crippen molar-refractivity contribution in [3.05, 3.63) is 0 Å². The van der Waals surface area contributed by atoms with Crippen LogP contribution in [0.5, 0.6) is 0 Å². The van der Waals surface area contributed by atoms with Gasteiger partial charge in [0.1, 0.15) is 11.6 Å². The standard InChI is InChI=1S/C6H3F6NO2.C5H6F5N.C5H7F5.C5H9N.C4H3F6N.C4H4F6.C4H6F3N.C4H7F3.C4H9N/c1-13-2(14)4(7,8)6(11,12)5(9,10)3(13)15;1-3(11-2)4(6,7)5(8,9)10;1-3(2)4(6,7)5(8,9)10;1-2-3-4-5-6;1-11-2(3(5,6)7)4(8,9)10;1-2(3(5,6)7)4(8,9)10;1-3(8-2)4(5,6)7;1-3(2)4(5,6)7;1-4(2)5-3/h1H3;1-2H3;3H,1-2H3;2-4H2,1H3;1H3;2H,1H3;1-2H3;3H,1-2H3;1-3H3. The normalized spacial score (nSPS) is 15.7. The molecule has 8 nitrogen and oxygen atoms in total. The molecule has 0 atom stereocenters. The predicted octanol–water partition coefficient (Wildman–Crippen LogP) is 17.6. The van der Waals surface area contributed by atoms with Crippen LogP contribution in [0.25, 0.3) is 0 Å². The molecule has 83 heavy (non-hydrogen) atoms. The maximum atomic E-state index is 12.5. The minimum Gasteiger partial charge on any atom is -0.298 e. The number of amides is 2. The second-order valence-electron chi connectivity index (χ2n) is 15.9. The smallest absolute Gasteiger partial charge is 0.298 e. The highest BCUT2D eigenvalue weighted by Gasteiger charge is 2.82. The molecule has 2 amide bonds. The number of nitrogens with zero attached hydrogens (tertiary/aromatic N) is 6. The van der Waals surface area contributed by atoms with E-state index in [9.17, 15) is 159 Å². The van der Waals surface area contributed by atoms with E-state index in [0.717, 1.165) is 73.7 Å². The van der Waals surface area contributed by atoms with Crippen LogP contribution in [0.1, 0.15) is 88.5 Å². The Kier molecular flexibility index (Phi) is 41.0. The first kappa shape index (κ1) is 94.3. The van der Waals surface area contributed by atoms with Crippen LogP contribution in [0, 0.1) is 29.1 Å². The van der Waals surface area contributed by atoms with Gasteiger partial charge >= 0.3 is 90.8 Å². The SMILES string of the molecule is CC(C(F)(F)F)C(F)(F)F.CC(C)C(F)(F)C(F)(F)F.CC(C)C(F)(F)F.CCCCC#N.CN1C(=O)C(F)(F)C(F)(F)C(F)(F)C1=O.CN=C(C(F)(F)F)C(F)(F)F.CN=C(C)C.CN=C(C)C(F)(F)C(F)(F)F.CN=C(C)C(F)(F)F. The molecule has 1 saturated heterocycles. The van der Waals surface area contributed by atoms with Crippen molar-refractivity contribution in [1.29, 1.82) is 5.26 Å². The first-order valence-corrected chi connectivity index (χ1v) is 21.2. The number of likely N-dealkylation sites (tertiary alicyclic amines) is 1. The van der Waals surface area contributed by atoms with Crippen molar-refractivity contribution in [3.8, 4) is 6.07 Å². The summed E-state index contributed by atoms with van der Waals surface area (Å²) in [6.07, 6.45) is -37.5. The zero-order chi connectivity index (χ0) is 69.9. The molecule has 42 heteroatoms. The molecule has 1 aliphatic heterocycles. The summed E-state index contributed by atoms with van der Waals surface area (Å²) in [7, 11) is 4.51. The van der Waals surface area contributed by atoms with Gasteiger partial charge in [-0.1, -0.05) is 41.0 Å². The van der Waals surface area contributed by atoms with E-state index in [4.69, 9.17) is 5.26 Å². The lowest BCUT2D eigenvalue weighted by Gasteiger charge is -2.38. The Hall–Kier alpha value is -5.07. The molecule has 0 saturated carbocycles. The van der Waals surface area contributed by atoms with Crippen LogP contribution in [0.3, 0.4) is 0 Å². The highest BCUT2D eigenvalue weighted by Crippen LogP contribution is 2.50. The van der Waals surface area contributed by atoms with Gasteiger partial charge in [0.2, 0.25) is 5.71 Å². The maximum absolute atomic E-state index is 12.5. The Balaban J connectivity index is -0.000000129. The number of halogens is 34. The summed E-state index contributed by atoms with van der Waals surface area (Å²) in [6, 6.07) is 2.07. The van der Waals surface area contributed by atoms with E-state index < -0.39 is 131 Å². The molecule has 498 valence electrons. The summed E-state index contributed by atoms with van der Waals surface area (Å²) in [5, 5.41) is 7.95. The predicted molar refractivity (Wildman–Crippen MR) is 231 cm³/mol. The average Bonchev–Trinajstić information content (AvgIpc) is 3.27. The van der Waals surface area contributed by atoms with Crippen molar-refractivity contribution in [3.63, 3.8) is 0 Å². The van der Waals surface area contributed by atoms with Gasteiger partial charge < -0.3 is 0 Å². The van der Waals surface area contributed by atoms with Gasteiger partial charge in [0.15, 0.2) is 0 Å². The van der Waals surface area contributed by atoms with Crippen molar-refractivity contribution < 1.29 is 159 Å². The number of hydrogen-bond acceptors (Lipinski definition) is 7. The van der Waals surface area contributed by atoms with Gasteiger partial charge in [0.25, 0.3) is 0 Å². The van der Waals surface area contributed by atoms with Gasteiger partial charge in [-0.3, -0.25) is 34.5 Å². The molecular formula is C41H54F34N6O2. The number of unbranched alkanes of at least 4 members (excludes halogenated alkanes) is 2. The summed E-state index contributed by atoms with van der Waals surface area (Å²) in [5.41, 5.74) is -3.61. The second kappa shape index (κ2) is 36.0. The average molecular weight is 1310 g/mol. The molecule has 1 rings (SSSR count). The molecule has 1 heterocycles. The molecule has 0 N–H and O–H groups in total. The molecule has 1 fully saturated rings. The van der Waals surface area contributed by atoms with E-state index in [0.29, 0.717) is 14.0 Å². The summed E-state index contributed by atoms with van der Waals surface area (Å²) in [6.45, 7) is 11.6. The Morgan fingerprint density at radius 3 is 0.855 bits per heavy atom. The number of carbonyl (C=O) groups is 2. The monoisotopic (exact) mass is 1310 g/mol. The summed E-state index contributed by atoms with van der Waals surface area (Å²) < 4.78 is 394. The third-order valence-corrected chi connectivity index (χ3v) is 8.42. The van der Waals surface area contributed by atoms with Crippen molar-refractivity contribution in [2.75, 3.05) is 35.2 Å². The quantitative estimate of drug-likeness (QED) is 0.121. The van der Waals surface area contributed by atoms with Gasteiger partial charge in [-0.25, -0.2) is 0 Å². The zero-order valence-electron chi connectivity index (χ0n) is 45.2. The molecule has 0 radical (unpaired) electrons. The van der Waals surface area contributed by atoms with Crippen LogP contribution >= 0.6 is 0 Å². The highest BCUT2D eigenvalue weighted by atomic mass is 19.5. The summed E-state index contributed by atoms with van der Waals surface area (Å²) in [4.78, 5) is 31.9. The van der Waals surface area contributed by atoms with Crippen molar-refractivity contribution in [2.24, 2.45) is 37.7 Å². The largest absolute Gasteiger partial charge is 0.459 e. The Bertz CT molecular complexity index is 1960. The fourth-order valence-electron chi connectivity index (χ4n) is 2.63.